The van der Waals surface area contributed by atoms with Gasteiger partial charge in [0.2, 0.25) is 0 Å². The molecule has 0 aliphatic carbocycles. The molecule has 0 aliphatic heterocycles. The summed E-state index contributed by atoms with van der Waals surface area (Å²) in [7, 11) is 1.71. The summed E-state index contributed by atoms with van der Waals surface area (Å²) in [5.41, 5.74) is 9.04. The Hall–Kier alpha value is -2.61. The van der Waals surface area contributed by atoms with Gasteiger partial charge in [-0.3, -0.25) is 0 Å². The van der Waals surface area contributed by atoms with Crippen molar-refractivity contribution < 1.29 is 9.13 Å². The van der Waals surface area contributed by atoms with Crippen molar-refractivity contribution in [1.29, 1.82) is 0 Å². The van der Waals surface area contributed by atoms with E-state index in [0.717, 1.165) is 11.3 Å². The Morgan fingerprint density at radius 3 is 1.56 bits per heavy atom. The van der Waals surface area contributed by atoms with Crippen LogP contribution >= 0.6 is 0 Å². The van der Waals surface area contributed by atoms with Crippen LogP contribution in [0.25, 0.3) is 0 Å². The molecule has 34 heavy (non-hydrogen) atoms. The summed E-state index contributed by atoms with van der Waals surface area (Å²) in [6.45, 7) is 21.4. The highest BCUT2D eigenvalue weighted by Gasteiger charge is 2.04. The van der Waals surface area contributed by atoms with E-state index in [1.165, 1.54) is 39.4 Å². The molecule has 0 aliphatic rings. The first-order valence-electron chi connectivity index (χ1n) is 12.3. The summed E-state index contributed by atoms with van der Waals surface area (Å²) in [6.07, 6.45) is 0. The van der Waals surface area contributed by atoms with E-state index in [2.05, 4.69) is 92.6 Å². The second-order valence-corrected chi connectivity index (χ2v) is 10.1. The van der Waals surface area contributed by atoms with Crippen LogP contribution in [0.1, 0.15) is 98.2 Å². The second-order valence-electron chi connectivity index (χ2n) is 10.1. The van der Waals surface area contributed by atoms with E-state index in [0.29, 0.717) is 17.8 Å². The largest absolute Gasteiger partial charge is 0.496 e. The first-order valence-corrected chi connectivity index (χ1v) is 12.3. The summed E-state index contributed by atoms with van der Waals surface area (Å²) in [6, 6.07) is 18.0. The number of hydrogen-bond acceptors (Lipinski definition) is 1. The maximum Gasteiger partial charge on any atom is 0.123 e. The number of methoxy groups -OCH3 is 1. The first kappa shape index (κ1) is 29.4. The molecule has 0 aromatic heterocycles. The molecule has 0 heterocycles. The lowest BCUT2D eigenvalue weighted by molar-refractivity contribution is 0.411. The highest BCUT2D eigenvalue weighted by molar-refractivity contribution is 5.37. The van der Waals surface area contributed by atoms with Crippen LogP contribution in [-0.2, 0) is 0 Å². The summed E-state index contributed by atoms with van der Waals surface area (Å²) < 4.78 is 17.9. The third-order valence-electron chi connectivity index (χ3n) is 5.86. The third kappa shape index (κ3) is 9.71. The molecule has 0 bridgehead atoms. The zero-order chi connectivity index (χ0) is 26.0. The van der Waals surface area contributed by atoms with Crippen molar-refractivity contribution in [2.75, 3.05) is 7.11 Å². The van der Waals surface area contributed by atoms with E-state index in [9.17, 15) is 4.39 Å². The molecule has 0 amide bonds. The standard InChI is InChI=1S/C11H16O.C11H16.C10H13F/c1-8(2)10-5-6-11(12-4)9(3)7-10;1-8(2)11-6-9(3)5-10(4)7-11;1-7(2)10-6-9(11)5-4-8(10)3/h5-8H,1-4H3;5-8H,1-4H3;4-7H,1-3H3. The van der Waals surface area contributed by atoms with Crippen LogP contribution < -0.4 is 4.74 Å². The summed E-state index contributed by atoms with van der Waals surface area (Å²) in [4.78, 5) is 0. The molecule has 1 nitrogen and oxygen atoms in total. The zero-order valence-corrected chi connectivity index (χ0v) is 23.2. The van der Waals surface area contributed by atoms with Crippen molar-refractivity contribution in [3.63, 3.8) is 0 Å². The lowest BCUT2D eigenvalue weighted by Gasteiger charge is -2.09. The summed E-state index contributed by atoms with van der Waals surface area (Å²) in [5.74, 6) is 2.48. The molecule has 0 saturated carbocycles. The van der Waals surface area contributed by atoms with Gasteiger partial charge >= 0.3 is 0 Å². The van der Waals surface area contributed by atoms with Gasteiger partial charge in [-0.15, -0.1) is 0 Å². The number of halogens is 1. The van der Waals surface area contributed by atoms with Crippen molar-refractivity contribution in [3.05, 3.63) is 99.4 Å². The van der Waals surface area contributed by atoms with Crippen molar-refractivity contribution in [1.82, 2.24) is 0 Å². The van der Waals surface area contributed by atoms with E-state index in [-0.39, 0.29) is 5.82 Å². The molecule has 3 rings (SSSR count). The van der Waals surface area contributed by atoms with Crippen LogP contribution in [0.4, 0.5) is 4.39 Å². The fourth-order valence-electron chi connectivity index (χ4n) is 3.84. The van der Waals surface area contributed by atoms with Gasteiger partial charge in [-0.1, -0.05) is 89.1 Å². The van der Waals surface area contributed by atoms with Crippen LogP contribution in [0, 0.1) is 33.5 Å². The van der Waals surface area contributed by atoms with E-state index >= 15 is 0 Å². The molecule has 0 fully saturated rings. The highest BCUT2D eigenvalue weighted by Crippen LogP contribution is 2.23. The average molecular weight is 465 g/mol. The van der Waals surface area contributed by atoms with Crippen LogP contribution in [-0.4, -0.2) is 7.11 Å². The highest BCUT2D eigenvalue weighted by atomic mass is 19.1. The minimum atomic E-state index is -0.140. The van der Waals surface area contributed by atoms with Crippen molar-refractivity contribution in [2.45, 2.75) is 87.0 Å². The number of rotatable bonds is 4. The molecule has 2 heteroatoms. The minimum absolute atomic E-state index is 0.140. The van der Waals surface area contributed by atoms with Gasteiger partial charge in [0.1, 0.15) is 11.6 Å². The van der Waals surface area contributed by atoms with E-state index < -0.39 is 0 Å². The number of benzene rings is 3. The second kappa shape index (κ2) is 13.9. The lowest BCUT2D eigenvalue weighted by Crippen LogP contribution is -1.92. The molecular formula is C32H45FO. The smallest absolute Gasteiger partial charge is 0.123 e. The average Bonchev–Trinajstić information content (AvgIpc) is 2.75. The molecule has 186 valence electrons. The van der Waals surface area contributed by atoms with Crippen molar-refractivity contribution in [2.24, 2.45) is 0 Å². The van der Waals surface area contributed by atoms with E-state index in [4.69, 9.17) is 4.74 Å². The number of aryl methyl sites for hydroxylation is 4. The molecule has 0 radical (unpaired) electrons. The van der Waals surface area contributed by atoms with Gasteiger partial charge < -0.3 is 4.74 Å². The Morgan fingerprint density at radius 2 is 1.15 bits per heavy atom. The van der Waals surface area contributed by atoms with Crippen LogP contribution in [0.15, 0.2) is 54.6 Å². The van der Waals surface area contributed by atoms with Crippen LogP contribution in [0.5, 0.6) is 5.75 Å². The Bertz CT molecular complexity index is 1010. The monoisotopic (exact) mass is 464 g/mol. The first-order chi connectivity index (χ1) is 15.8. The van der Waals surface area contributed by atoms with Gasteiger partial charge in [-0.05, 0) is 91.5 Å². The fourth-order valence-corrected chi connectivity index (χ4v) is 3.84. The third-order valence-corrected chi connectivity index (χ3v) is 5.86. The SMILES string of the molecule is COc1ccc(C(C)C)cc1C.Cc1cc(C)cc(C(C)C)c1.Cc1ccc(F)cc1C(C)C. The van der Waals surface area contributed by atoms with E-state index in [1.807, 2.05) is 19.1 Å². The maximum atomic E-state index is 12.7. The minimum Gasteiger partial charge on any atom is -0.496 e. The van der Waals surface area contributed by atoms with Gasteiger partial charge in [0.15, 0.2) is 0 Å². The topological polar surface area (TPSA) is 9.23 Å². The van der Waals surface area contributed by atoms with Gasteiger partial charge in [0, 0.05) is 0 Å². The van der Waals surface area contributed by atoms with Crippen molar-refractivity contribution >= 4 is 0 Å². The summed E-state index contributed by atoms with van der Waals surface area (Å²) in [5, 5.41) is 0. The molecule has 0 saturated heterocycles. The molecule has 0 atom stereocenters. The van der Waals surface area contributed by atoms with Gasteiger partial charge in [-0.25, -0.2) is 4.39 Å². The Kier molecular flexibility index (Phi) is 12.1. The predicted molar refractivity (Wildman–Crippen MR) is 147 cm³/mol. The molecule has 3 aromatic carbocycles. The fraction of sp³-hybridized carbons (Fsp3) is 0.438. The predicted octanol–water partition coefficient (Wildman–Crippen LogP) is 9.81. The molecule has 0 N–H and O–H groups in total. The van der Waals surface area contributed by atoms with Gasteiger partial charge in [0.05, 0.1) is 7.11 Å². The maximum absolute atomic E-state index is 12.7. The quantitative estimate of drug-likeness (QED) is 0.373. The lowest BCUT2D eigenvalue weighted by atomic mass is 9.98. The molecule has 0 spiro atoms. The Labute approximate surface area is 208 Å². The molecule has 0 unspecified atom stereocenters. The van der Waals surface area contributed by atoms with E-state index in [1.54, 1.807) is 13.2 Å². The zero-order valence-electron chi connectivity index (χ0n) is 23.2. The van der Waals surface area contributed by atoms with Gasteiger partial charge in [0.25, 0.3) is 0 Å². The molecular weight excluding hydrogens is 419 g/mol. The summed E-state index contributed by atoms with van der Waals surface area (Å²) >= 11 is 0. The Morgan fingerprint density at radius 1 is 0.588 bits per heavy atom. The van der Waals surface area contributed by atoms with Crippen LogP contribution in [0.2, 0.25) is 0 Å². The number of hydrogen-bond donors (Lipinski definition) is 0. The number of ether oxygens (including phenoxy) is 1. The van der Waals surface area contributed by atoms with Crippen molar-refractivity contribution in [3.8, 4) is 5.75 Å². The van der Waals surface area contributed by atoms with Crippen LogP contribution in [0.3, 0.4) is 0 Å². The van der Waals surface area contributed by atoms with Gasteiger partial charge in [-0.2, -0.15) is 0 Å². The Balaban J connectivity index is 0.000000255. The normalized spacial score (nSPS) is 10.6. The molecule has 3 aromatic rings.